The zero-order valence-electron chi connectivity index (χ0n) is 11.9. The number of rotatable bonds is 6. The number of carbonyl (C=O) groups is 2. The van der Waals surface area contributed by atoms with E-state index < -0.39 is 0 Å². The average Bonchev–Trinajstić information content (AvgIpc) is 2.55. The van der Waals surface area contributed by atoms with Crippen LogP contribution in [0.5, 0.6) is 0 Å². The average molecular weight is 283 g/mol. The molecule has 0 saturated carbocycles. The van der Waals surface area contributed by atoms with Gasteiger partial charge in [-0.15, -0.1) is 0 Å². The van der Waals surface area contributed by atoms with Gasteiger partial charge in [-0.3, -0.25) is 4.79 Å². The number of nitrogens with zero attached hydrogens (tertiary/aromatic N) is 1. The Labute approximate surface area is 124 Å². The molecule has 108 valence electrons. The van der Waals surface area contributed by atoms with E-state index in [4.69, 9.17) is 0 Å². The fraction of sp³-hybridized carbons (Fsp3) is 0.176. The Morgan fingerprint density at radius 3 is 2.10 bits per heavy atom. The van der Waals surface area contributed by atoms with E-state index in [0.717, 1.165) is 17.5 Å². The molecule has 1 amide bonds. The zero-order chi connectivity index (χ0) is 15.1. The highest BCUT2D eigenvalue weighted by Crippen LogP contribution is 2.10. The standard InChI is InChI=1S/C17H17NO3/c1-21-17(20)16-9-7-15(8-10-16)12-18(13-19)11-14-5-3-2-4-6-14/h2-10,13H,11-12H2,1H3. The fourth-order valence-corrected chi connectivity index (χ4v) is 2.05. The van der Waals surface area contributed by atoms with Crippen molar-refractivity contribution in [2.24, 2.45) is 0 Å². The Bertz CT molecular complexity index is 593. The van der Waals surface area contributed by atoms with Gasteiger partial charge in [0, 0.05) is 13.1 Å². The topological polar surface area (TPSA) is 46.6 Å². The van der Waals surface area contributed by atoms with Crippen LogP contribution in [-0.2, 0) is 22.6 Å². The summed E-state index contributed by atoms with van der Waals surface area (Å²) in [4.78, 5) is 24.2. The third-order valence-corrected chi connectivity index (χ3v) is 3.14. The normalized spacial score (nSPS) is 9.95. The molecule has 0 atom stereocenters. The molecule has 0 aromatic heterocycles. The summed E-state index contributed by atoms with van der Waals surface area (Å²) in [5.41, 5.74) is 2.54. The number of amides is 1. The summed E-state index contributed by atoms with van der Waals surface area (Å²) in [7, 11) is 1.35. The molecule has 0 heterocycles. The number of esters is 1. The van der Waals surface area contributed by atoms with Gasteiger partial charge in [0.25, 0.3) is 0 Å². The molecule has 0 N–H and O–H groups in total. The van der Waals surface area contributed by atoms with Crippen molar-refractivity contribution in [3.05, 3.63) is 71.3 Å². The Morgan fingerprint density at radius 1 is 1.00 bits per heavy atom. The van der Waals surface area contributed by atoms with Crippen molar-refractivity contribution in [3.63, 3.8) is 0 Å². The van der Waals surface area contributed by atoms with Crippen molar-refractivity contribution in [3.8, 4) is 0 Å². The van der Waals surface area contributed by atoms with E-state index in [1.54, 1.807) is 17.0 Å². The maximum absolute atomic E-state index is 11.4. The minimum atomic E-state index is -0.363. The number of ether oxygens (including phenoxy) is 1. The quantitative estimate of drug-likeness (QED) is 0.605. The molecule has 0 spiro atoms. The minimum absolute atomic E-state index is 0.363. The first-order valence-electron chi connectivity index (χ1n) is 6.63. The number of hydrogen-bond donors (Lipinski definition) is 0. The van der Waals surface area contributed by atoms with Crippen molar-refractivity contribution in [2.75, 3.05) is 7.11 Å². The SMILES string of the molecule is COC(=O)c1ccc(CN(C=O)Cc2ccccc2)cc1. The molecule has 0 bridgehead atoms. The molecule has 0 aliphatic carbocycles. The molecule has 4 heteroatoms. The summed E-state index contributed by atoms with van der Waals surface area (Å²) in [6.07, 6.45) is 0.835. The molecule has 0 saturated heterocycles. The summed E-state index contributed by atoms with van der Waals surface area (Å²) in [5.74, 6) is -0.363. The van der Waals surface area contributed by atoms with Gasteiger partial charge in [-0.1, -0.05) is 42.5 Å². The molecule has 21 heavy (non-hydrogen) atoms. The summed E-state index contributed by atoms with van der Waals surface area (Å²) in [6.45, 7) is 1.06. The third kappa shape index (κ3) is 4.18. The third-order valence-electron chi connectivity index (χ3n) is 3.14. The summed E-state index contributed by atoms with van der Waals surface area (Å²) >= 11 is 0. The minimum Gasteiger partial charge on any atom is -0.465 e. The molecule has 4 nitrogen and oxygen atoms in total. The maximum atomic E-state index is 11.4. The second kappa shape index (κ2) is 7.24. The Kier molecular flexibility index (Phi) is 5.10. The molecule has 0 aliphatic heterocycles. The molecule has 0 radical (unpaired) electrons. The molecular weight excluding hydrogens is 266 g/mol. The van der Waals surface area contributed by atoms with Crippen LogP contribution in [0.25, 0.3) is 0 Å². The van der Waals surface area contributed by atoms with Crippen LogP contribution in [0, 0.1) is 0 Å². The van der Waals surface area contributed by atoms with Gasteiger partial charge in [0.2, 0.25) is 6.41 Å². The summed E-state index contributed by atoms with van der Waals surface area (Å²) < 4.78 is 4.65. The lowest BCUT2D eigenvalue weighted by atomic mass is 10.1. The van der Waals surface area contributed by atoms with Crippen LogP contribution in [0.3, 0.4) is 0 Å². The second-order valence-electron chi connectivity index (χ2n) is 4.68. The zero-order valence-corrected chi connectivity index (χ0v) is 11.9. The Hall–Kier alpha value is -2.62. The number of methoxy groups -OCH3 is 1. The molecule has 2 aromatic rings. The van der Waals surface area contributed by atoms with Crippen molar-refractivity contribution >= 4 is 12.4 Å². The summed E-state index contributed by atoms with van der Waals surface area (Å²) in [5, 5.41) is 0. The van der Waals surface area contributed by atoms with Crippen LogP contribution in [-0.4, -0.2) is 24.4 Å². The molecule has 0 unspecified atom stereocenters. The predicted molar refractivity (Wildman–Crippen MR) is 79.5 cm³/mol. The van der Waals surface area contributed by atoms with E-state index in [1.165, 1.54) is 7.11 Å². The van der Waals surface area contributed by atoms with E-state index >= 15 is 0 Å². The highest BCUT2D eigenvalue weighted by atomic mass is 16.5. The van der Waals surface area contributed by atoms with Crippen molar-refractivity contribution in [2.45, 2.75) is 13.1 Å². The highest BCUT2D eigenvalue weighted by Gasteiger charge is 2.07. The number of carbonyl (C=O) groups excluding carboxylic acids is 2. The van der Waals surface area contributed by atoms with Crippen LogP contribution in [0.2, 0.25) is 0 Å². The van der Waals surface area contributed by atoms with Gasteiger partial charge in [-0.05, 0) is 23.3 Å². The van der Waals surface area contributed by atoms with Gasteiger partial charge in [0.1, 0.15) is 0 Å². The summed E-state index contributed by atoms with van der Waals surface area (Å²) in [6, 6.07) is 16.9. The molecule has 0 aliphatic rings. The van der Waals surface area contributed by atoms with E-state index in [2.05, 4.69) is 4.74 Å². The van der Waals surface area contributed by atoms with Crippen molar-refractivity contribution < 1.29 is 14.3 Å². The second-order valence-corrected chi connectivity index (χ2v) is 4.68. The van der Waals surface area contributed by atoms with Gasteiger partial charge in [0.05, 0.1) is 12.7 Å². The van der Waals surface area contributed by atoms with Gasteiger partial charge < -0.3 is 9.64 Å². The van der Waals surface area contributed by atoms with Crippen molar-refractivity contribution in [1.29, 1.82) is 0 Å². The maximum Gasteiger partial charge on any atom is 0.337 e. The predicted octanol–water partition coefficient (Wildman–Crippen LogP) is 2.63. The van der Waals surface area contributed by atoms with E-state index in [-0.39, 0.29) is 5.97 Å². The first kappa shape index (κ1) is 14.8. The first-order valence-corrected chi connectivity index (χ1v) is 6.63. The highest BCUT2D eigenvalue weighted by molar-refractivity contribution is 5.89. The lowest BCUT2D eigenvalue weighted by Crippen LogP contribution is -2.20. The van der Waals surface area contributed by atoms with Gasteiger partial charge >= 0.3 is 5.97 Å². The fourth-order valence-electron chi connectivity index (χ4n) is 2.05. The van der Waals surface area contributed by atoms with Gasteiger partial charge in [-0.25, -0.2) is 4.79 Å². The van der Waals surface area contributed by atoms with Crippen LogP contribution in [0.1, 0.15) is 21.5 Å². The van der Waals surface area contributed by atoms with Crippen LogP contribution in [0.4, 0.5) is 0 Å². The van der Waals surface area contributed by atoms with Crippen LogP contribution < -0.4 is 0 Å². The van der Waals surface area contributed by atoms with Crippen LogP contribution in [0.15, 0.2) is 54.6 Å². The van der Waals surface area contributed by atoms with Crippen LogP contribution >= 0.6 is 0 Å². The number of hydrogen-bond acceptors (Lipinski definition) is 3. The van der Waals surface area contributed by atoms with Crippen molar-refractivity contribution in [1.82, 2.24) is 4.90 Å². The van der Waals surface area contributed by atoms with E-state index in [1.807, 2.05) is 42.5 Å². The lowest BCUT2D eigenvalue weighted by molar-refractivity contribution is -0.119. The van der Waals surface area contributed by atoms with Gasteiger partial charge in [0.15, 0.2) is 0 Å². The molecule has 2 aromatic carbocycles. The smallest absolute Gasteiger partial charge is 0.337 e. The number of benzene rings is 2. The Morgan fingerprint density at radius 2 is 1.57 bits per heavy atom. The lowest BCUT2D eigenvalue weighted by Gasteiger charge is -2.17. The largest absolute Gasteiger partial charge is 0.465 e. The van der Waals surface area contributed by atoms with E-state index in [9.17, 15) is 9.59 Å². The van der Waals surface area contributed by atoms with E-state index in [0.29, 0.717) is 18.7 Å². The monoisotopic (exact) mass is 283 g/mol. The first-order chi connectivity index (χ1) is 10.2. The Balaban J connectivity index is 2.01. The molecule has 0 fully saturated rings. The van der Waals surface area contributed by atoms with Gasteiger partial charge in [-0.2, -0.15) is 0 Å². The molecule has 2 rings (SSSR count). The molecular formula is C17H17NO3.